The molecule has 0 spiro atoms. The highest BCUT2D eigenvalue weighted by molar-refractivity contribution is 5.86. The highest BCUT2D eigenvalue weighted by Gasteiger charge is 2.34. The quantitative estimate of drug-likeness (QED) is 0.871. The van der Waals surface area contributed by atoms with Crippen LogP contribution < -0.4 is 4.90 Å². The second-order valence-electron chi connectivity index (χ2n) is 5.88. The molecule has 0 saturated carbocycles. The number of likely N-dealkylation sites (N-methyl/N-ethyl adjacent to an activating group) is 1. The number of carboxylic acids is 1. The third-order valence-electron chi connectivity index (χ3n) is 3.82. The summed E-state index contributed by atoms with van der Waals surface area (Å²) in [7, 11) is 5.48. The SMILES string of the molecule is CN(C)c1ccc(CCC(=O)N(C)C(C)(C)C(=O)O)cc1. The molecular weight excluding hydrogens is 268 g/mol. The van der Waals surface area contributed by atoms with E-state index in [4.69, 9.17) is 5.11 Å². The van der Waals surface area contributed by atoms with Gasteiger partial charge in [-0.3, -0.25) is 4.79 Å². The molecule has 0 bridgehead atoms. The van der Waals surface area contributed by atoms with Crippen molar-refractivity contribution in [3.63, 3.8) is 0 Å². The highest BCUT2D eigenvalue weighted by atomic mass is 16.4. The van der Waals surface area contributed by atoms with Crippen LogP contribution in [0.1, 0.15) is 25.8 Å². The van der Waals surface area contributed by atoms with Gasteiger partial charge in [-0.05, 0) is 38.0 Å². The van der Waals surface area contributed by atoms with Crippen LogP contribution in [0.5, 0.6) is 0 Å². The van der Waals surface area contributed by atoms with Crippen LogP contribution in [-0.2, 0) is 16.0 Å². The first-order chi connectivity index (χ1) is 9.66. The van der Waals surface area contributed by atoms with Crippen molar-refractivity contribution < 1.29 is 14.7 Å². The van der Waals surface area contributed by atoms with Crippen molar-refractivity contribution in [2.75, 3.05) is 26.0 Å². The Bertz CT molecular complexity index is 507. The molecule has 1 aromatic carbocycles. The van der Waals surface area contributed by atoms with Gasteiger partial charge in [0.1, 0.15) is 5.54 Å². The van der Waals surface area contributed by atoms with E-state index in [0.717, 1.165) is 11.3 Å². The molecule has 1 N–H and O–H groups in total. The first-order valence-corrected chi connectivity index (χ1v) is 6.92. The molecule has 0 unspecified atom stereocenters. The summed E-state index contributed by atoms with van der Waals surface area (Å²) in [6.45, 7) is 3.05. The topological polar surface area (TPSA) is 60.9 Å². The van der Waals surface area contributed by atoms with E-state index in [2.05, 4.69) is 0 Å². The molecule has 1 rings (SSSR count). The average molecular weight is 292 g/mol. The molecule has 116 valence electrons. The summed E-state index contributed by atoms with van der Waals surface area (Å²) in [6, 6.07) is 7.99. The van der Waals surface area contributed by atoms with Crippen LogP contribution in [-0.4, -0.2) is 48.6 Å². The molecule has 0 fully saturated rings. The van der Waals surface area contributed by atoms with Crippen LogP contribution in [0.15, 0.2) is 24.3 Å². The number of rotatable bonds is 6. The largest absolute Gasteiger partial charge is 0.480 e. The molecule has 1 aromatic rings. The predicted molar refractivity (Wildman–Crippen MR) is 83.6 cm³/mol. The van der Waals surface area contributed by atoms with Crippen LogP contribution in [0, 0.1) is 0 Å². The van der Waals surface area contributed by atoms with Crippen molar-refractivity contribution >= 4 is 17.6 Å². The minimum absolute atomic E-state index is 0.168. The van der Waals surface area contributed by atoms with Crippen LogP contribution >= 0.6 is 0 Å². The normalized spacial score (nSPS) is 11.1. The molecule has 5 nitrogen and oxygen atoms in total. The first kappa shape index (κ1) is 17.0. The molecule has 0 aliphatic heterocycles. The van der Waals surface area contributed by atoms with Gasteiger partial charge in [0, 0.05) is 33.3 Å². The summed E-state index contributed by atoms with van der Waals surface area (Å²) < 4.78 is 0. The Balaban J connectivity index is 2.62. The second-order valence-corrected chi connectivity index (χ2v) is 5.88. The molecule has 0 aliphatic rings. The summed E-state index contributed by atoms with van der Waals surface area (Å²) in [5, 5.41) is 9.13. The molecule has 0 atom stereocenters. The molecular formula is C16H24N2O3. The number of benzene rings is 1. The van der Waals surface area contributed by atoms with Gasteiger partial charge in [0.05, 0.1) is 0 Å². The number of carbonyl (C=O) groups is 2. The Morgan fingerprint density at radius 2 is 1.62 bits per heavy atom. The highest BCUT2D eigenvalue weighted by Crippen LogP contribution is 2.16. The molecule has 0 saturated heterocycles. The van der Waals surface area contributed by atoms with Gasteiger partial charge in [-0.25, -0.2) is 4.79 Å². The van der Waals surface area contributed by atoms with Gasteiger partial charge in [-0.2, -0.15) is 0 Å². The number of anilines is 1. The smallest absolute Gasteiger partial charge is 0.329 e. The van der Waals surface area contributed by atoms with Crippen molar-refractivity contribution in [3.05, 3.63) is 29.8 Å². The van der Waals surface area contributed by atoms with Gasteiger partial charge in [-0.1, -0.05) is 12.1 Å². The minimum atomic E-state index is -1.19. The van der Waals surface area contributed by atoms with E-state index in [1.54, 1.807) is 0 Å². The summed E-state index contributed by atoms with van der Waals surface area (Å²) in [6.07, 6.45) is 0.904. The third-order valence-corrected chi connectivity index (χ3v) is 3.82. The van der Waals surface area contributed by atoms with Crippen molar-refractivity contribution in [1.82, 2.24) is 4.90 Å². The average Bonchev–Trinajstić information content (AvgIpc) is 2.44. The zero-order valence-corrected chi connectivity index (χ0v) is 13.4. The van der Waals surface area contributed by atoms with Crippen molar-refractivity contribution in [3.8, 4) is 0 Å². The summed E-state index contributed by atoms with van der Waals surface area (Å²) in [4.78, 5) is 26.5. The van der Waals surface area contributed by atoms with E-state index in [-0.39, 0.29) is 5.91 Å². The van der Waals surface area contributed by atoms with Gasteiger partial charge in [0.25, 0.3) is 0 Å². The lowest BCUT2D eigenvalue weighted by Gasteiger charge is -2.31. The Kier molecular flexibility index (Phi) is 5.35. The Morgan fingerprint density at radius 1 is 1.10 bits per heavy atom. The van der Waals surface area contributed by atoms with Crippen LogP contribution in [0.2, 0.25) is 0 Å². The van der Waals surface area contributed by atoms with Crippen molar-refractivity contribution in [2.24, 2.45) is 0 Å². The molecule has 0 radical (unpaired) electrons. The molecule has 5 heteroatoms. The lowest BCUT2D eigenvalue weighted by Crippen LogP contribution is -2.50. The number of nitrogens with zero attached hydrogens (tertiary/aromatic N) is 2. The Morgan fingerprint density at radius 3 is 2.05 bits per heavy atom. The Hall–Kier alpha value is -2.04. The maximum atomic E-state index is 12.1. The first-order valence-electron chi connectivity index (χ1n) is 6.92. The lowest BCUT2D eigenvalue weighted by atomic mass is 10.0. The molecule has 0 heterocycles. The van der Waals surface area contributed by atoms with E-state index in [0.29, 0.717) is 12.8 Å². The van der Waals surface area contributed by atoms with Gasteiger partial charge in [0.2, 0.25) is 5.91 Å². The number of hydrogen-bond acceptors (Lipinski definition) is 3. The number of aryl methyl sites for hydroxylation is 1. The van der Waals surface area contributed by atoms with E-state index in [1.807, 2.05) is 43.3 Å². The van der Waals surface area contributed by atoms with Crippen molar-refractivity contribution in [1.29, 1.82) is 0 Å². The maximum Gasteiger partial charge on any atom is 0.329 e. The zero-order valence-electron chi connectivity index (χ0n) is 13.4. The van der Waals surface area contributed by atoms with E-state index >= 15 is 0 Å². The fraction of sp³-hybridized carbons (Fsp3) is 0.500. The monoisotopic (exact) mass is 292 g/mol. The fourth-order valence-corrected chi connectivity index (χ4v) is 1.83. The fourth-order valence-electron chi connectivity index (χ4n) is 1.83. The van der Waals surface area contributed by atoms with E-state index in [1.165, 1.54) is 25.8 Å². The summed E-state index contributed by atoms with van der Waals surface area (Å²) in [5.41, 5.74) is 0.982. The number of aliphatic carboxylic acids is 1. The van der Waals surface area contributed by atoms with Gasteiger partial charge < -0.3 is 14.9 Å². The summed E-state index contributed by atoms with van der Waals surface area (Å²) in [5.74, 6) is -1.17. The lowest BCUT2D eigenvalue weighted by molar-refractivity contribution is -0.155. The van der Waals surface area contributed by atoms with Crippen LogP contribution in [0.4, 0.5) is 5.69 Å². The van der Waals surface area contributed by atoms with Crippen LogP contribution in [0.25, 0.3) is 0 Å². The van der Waals surface area contributed by atoms with Crippen molar-refractivity contribution in [2.45, 2.75) is 32.2 Å². The van der Waals surface area contributed by atoms with Gasteiger partial charge in [0.15, 0.2) is 0 Å². The number of amides is 1. The predicted octanol–water partition coefficient (Wildman–Crippen LogP) is 2.01. The third kappa shape index (κ3) is 4.21. The number of carboxylic acid groups (broad SMARTS) is 1. The van der Waals surface area contributed by atoms with Gasteiger partial charge in [-0.15, -0.1) is 0 Å². The minimum Gasteiger partial charge on any atom is -0.480 e. The summed E-state index contributed by atoms with van der Waals surface area (Å²) >= 11 is 0. The van der Waals surface area contributed by atoms with Gasteiger partial charge >= 0.3 is 5.97 Å². The zero-order chi connectivity index (χ0) is 16.2. The molecule has 0 aromatic heterocycles. The molecule has 0 aliphatic carbocycles. The number of hydrogen-bond donors (Lipinski definition) is 1. The molecule has 1 amide bonds. The Labute approximate surface area is 126 Å². The molecule has 21 heavy (non-hydrogen) atoms. The van der Waals surface area contributed by atoms with Crippen LogP contribution in [0.3, 0.4) is 0 Å². The van der Waals surface area contributed by atoms with E-state index in [9.17, 15) is 9.59 Å². The second kappa shape index (κ2) is 6.61. The standard InChI is InChI=1S/C16H24N2O3/c1-16(2,15(20)21)18(5)14(19)11-8-12-6-9-13(10-7-12)17(3)4/h6-7,9-10H,8,11H2,1-5H3,(H,20,21). The van der Waals surface area contributed by atoms with E-state index < -0.39 is 11.5 Å². The number of carbonyl (C=O) groups excluding carboxylic acids is 1. The maximum absolute atomic E-state index is 12.1.